The molecule has 2 aromatic rings. The van der Waals surface area contributed by atoms with Gasteiger partial charge in [-0.3, -0.25) is 4.79 Å². The molecule has 0 aliphatic carbocycles. The number of nitrogen functional groups attached to an aromatic ring is 1. The maximum absolute atomic E-state index is 11.2. The van der Waals surface area contributed by atoms with Crippen LogP contribution in [0.3, 0.4) is 0 Å². The summed E-state index contributed by atoms with van der Waals surface area (Å²) in [5.74, 6) is 0.0650. The lowest BCUT2D eigenvalue weighted by atomic mass is 10.0. The predicted octanol–water partition coefficient (Wildman–Crippen LogP) is 2.62. The molecule has 0 saturated heterocycles. The number of anilines is 1. The van der Waals surface area contributed by atoms with Gasteiger partial charge in [-0.15, -0.1) is 0 Å². The summed E-state index contributed by atoms with van der Waals surface area (Å²) in [6, 6.07) is 11.3. The van der Waals surface area contributed by atoms with Gasteiger partial charge >= 0.3 is 0 Å². The first-order valence-electron chi connectivity index (χ1n) is 4.47. The number of Topliss-reactive ketones (excluding diaryl/α,β-unsaturated/α-hetero) is 1. The number of ketones is 1. The summed E-state index contributed by atoms with van der Waals surface area (Å²) in [6.07, 6.45) is 0. The van der Waals surface area contributed by atoms with E-state index in [0.717, 1.165) is 10.8 Å². The molecule has 0 aliphatic rings. The van der Waals surface area contributed by atoms with Gasteiger partial charge in [0.1, 0.15) is 0 Å². The minimum Gasteiger partial charge on any atom is -0.398 e. The van der Waals surface area contributed by atoms with Crippen molar-refractivity contribution in [2.75, 3.05) is 5.73 Å². The molecule has 0 spiro atoms. The summed E-state index contributed by atoms with van der Waals surface area (Å²) in [4.78, 5) is 11.2. The van der Waals surface area contributed by atoms with Crippen molar-refractivity contribution < 1.29 is 4.79 Å². The van der Waals surface area contributed by atoms with Crippen LogP contribution < -0.4 is 5.73 Å². The van der Waals surface area contributed by atoms with Crippen LogP contribution in [0, 0.1) is 0 Å². The molecule has 0 radical (unpaired) electrons. The number of fused-ring (bicyclic) bond motifs is 1. The minimum absolute atomic E-state index is 0.0650. The first kappa shape index (κ1) is 8.75. The Bertz CT molecular complexity index is 503. The summed E-state index contributed by atoms with van der Waals surface area (Å²) in [5.41, 5.74) is 7.23. The summed E-state index contributed by atoms with van der Waals surface area (Å²) < 4.78 is 0. The molecule has 2 aromatic carbocycles. The second-order valence-corrected chi connectivity index (χ2v) is 3.34. The van der Waals surface area contributed by atoms with Gasteiger partial charge in [-0.1, -0.05) is 24.3 Å². The maximum atomic E-state index is 11.2. The average molecular weight is 185 g/mol. The second kappa shape index (κ2) is 3.14. The average Bonchev–Trinajstić information content (AvgIpc) is 2.18. The van der Waals surface area contributed by atoms with Crippen LogP contribution in [-0.2, 0) is 0 Å². The lowest BCUT2D eigenvalue weighted by Crippen LogP contribution is -1.93. The Morgan fingerprint density at radius 3 is 2.71 bits per heavy atom. The molecule has 2 heteroatoms. The van der Waals surface area contributed by atoms with E-state index in [2.05, 4.69) is 0 Å². The SMILES string of the molecule is CC(=O)c1ccc2cccc(N)c2c1. The Morgan fingerprint density at radius 2 is 2.00 bits per heavy atom. The number of carbonyl (C=O) groups excluding carboxylic acids is 1. The van der Waals surface area contributed by atoms with Gasteiger partial charge in [0.2, 0.25) is 0 Å². The van der Waals surface area contributed by atoms with E-state index in [0.29, 0.717) is 11.3 Å². The topological polar surface area (TPSA) is 43.1 Å². The van der Waals surface area contributed by atoms with E-state index >= 15 is 0 Å². The Kier molecular flexibility index (Phi) is 1.97. The molecule has 0 fully saturated rings. The van der Waals surface area contributed by atoms with Crippen molar-refractivity contribution in [3.05, 3.63) is 42.0 Å². The van der Waals surface area contributed by atoms with Crippen molar-refractivity contribution >= 4 is 22.2 Å². The molecule has 70 valence electrons. The van der Waals surface area contributed by atoms with E-state index < -0.39 is 0 Å². The summed E-state index contributed by atoms with van der Waals surface area (Å²) in [6.45, 7) is 1.56. The Balaban J connectivity index is 2.76. The van der Waals surface area contributed by atoms with Crippen LogP contribution in [0.1, 0.15) is 17.3 Å². The number of rotatable bonds is 1. The number of hydrogen-bond donors (Lipinski definition) is 1. The summed E-state index contributed by atoms with van der Waals surface area (Å²) in [7, 11) is 0. The molecular formula is C12H11NO. The quantitative estimate of drug-likeness (QED) is 0.548. The highest BCUT2D eigenvalue weighted by atomic mass is 16.1. The molecule has 2 rings (SSSR count). The standard InChI is InChI=1S/C12H11NO/c1-8(14)10-6-5-9-3-2-4-12(13)11(9)7-10/h2-7H,13H2,1H3. The molecule has 0 bridgehead atoms. The second-order valence-electron chi connectivity index (χ2n) is 3.34. The normalized spacial score (nSPS) is 10.4. The zero-order chi connectivity index (χ0) is 10.1. The highest BCUT2D eigenvalue weighted by molar-refractivity contribution is 6.01. The number of carbonyl (C=O) groups is 1. The van der Waals surface area contributed by atoms with Gasteiger partial charge in [-0.05, 0) is 24.4 Å². The highest BCUT2D eigenvalue weighted by Gasteiger charge is 2.02. The van der Waals surface area contributed by atoms with Gasteiger partial charge in [0.05, 0.1) is 0 Å². The predicted molar refractivity (Wildman–Crippen MR) is 58.4 cm³/mol. The zero-order valence-corrected chi connectivity index (χ0v) is 7.95. The van der Waals surface area contributed by atoms with E-state index in [9.17, 15) is 4.79 Å². The van der Waals surface area contributed by atoms with Gasteiger partial charge in [0.15, 0.2) is 5.78 Å². The molecule has 0 heterocycles. The fraction of sp³-hybridized carbons (Fsp3) is 0.0833. The van der Waals surface area contributed by atoms with Gasteiger partial charge in [0.25, 0.3) is 0 Å². The molecule has 0 amide bonds. The summed E-state index contributed by atoms with van der Waals surface area (Å²) in [5, 5.41) is 2.01. The van der Waals surface area contributed by atoms with E-state index in [1.807, 2.05) is 36.4 Å². The molecule has 2 N–H and O–H groups in total. The third kappa shape index (κ3) is 1.35. The van der Waals surface area contributed by atoms with Crippen molar-refractivity contribution in [3.8, 4) is 0 Å². The van der Waals surface area contributed by atoms with Crippen LogP contribution in [0.4, 0.5) is 5.69 Å². The fourth-order valence-corrected chi connectivity index (χ4v) is 1.52. The highest BCUT2D eigenvalue weighted by Crippen LogP contribution is 2.22. The van der Waals surface area contributed by atoms with Crippen LogP contribution in [0.15, 0.2) is 36.4 Å². The van der Waals surface area contributed by atoms with Gasteiger partial charge < -0.3 is 5.73 Å². The van der Waals surface area contributed by atoms with E-state index in [1.165, 1.54) is 0 Å². The largest absolute Gasteiger partial charge is 0.398 e. The molecule has 0 unspecified atom stereocenters. The van der Waals surface area contributed by atoms with Crippen molar-refractivity contribution in [2.45, 2.75) is 6.92 Å². The minimum atomic E-state index is 0.0650. The van der Waals surface area contributed by atoms with Crippen molar-refractivity contribution in [2.24, 2.45) is 0 Å². The van der Waals surface area contributed by atoms with Crippen LogP contribution >= 0.6 is 0 Å². The smallest absolute Gasteiger partial charge is 0.159 e. The zero-order valence-electron chi connectivity index (χ0n) is 7.95. The van der Waals surface area contributed by atoms with E-state index in [-0.39, 0.29) is 5.78 Å². The lowest BCUT2D eigenvalue weighted by Gasteiger charge is -2.03. The molecular weight excluding hydrogens is 174 g/mol. The first-order valence-corrected chi connectivity index (χ1v) is 4.47. The number of hydrogen-bond acceptors (Lipinski definition) is 2. The monoisotopic (exact) mass is 185 g/mol. The first-order chi connectivity index (χ1) is 6.68. The third-order valence-electron chi connectivity index (χ3n) is 2.32. The lowest BCUT2D eigenvalue weighted by molar-refractivity contribution is 0.101. The number of nitrogens with two attached hydrogens (primary N) is 1. The Labute approximate surface area is 82.3 Å². The van der Waals surface area contributed by atoms with Crippen LogP contribution in [0.2, 0.25) is 0 Å². The van der Waals surface area contributed by atoms with Crippen LogP contribution in [0.25, 0.3) is 10.8 Å². The Hall–Kier alpha value is -1.83. The van der Waals surface area contributed by atoms with Gasteiger partial charge in [-0.2, -0.15) is 0 Å². The third-order valence-corrected chi connectivity index (χ3v) is 2.32. The molecule has 0 aromatic heterocycles. The summed E-state index contributed by atoms with van der Waals surface area (Å²) >= 11 is 0. The van der Waals surface area contributed by atoms with E-state index in [4.69, 9.17) is 5.73 Å². The number of benzene rings is 2. The molecule has 0 aliphatic heterocycles. The van der Waals surface area contributed by atoms with Crippen LogP contribution in [0.5, 0.6) is 0 Å². The van der Waals surface area contributed by atoms with Crippen molar-refractivity contribution in [1.82, 2.24) is 0 Å². The molecule has 0 atom stereocenters. The van der Waals surface area contributed by atoms with Crippen molar-refractivity contribution in [1.29, 1.82) is 0 Å². The van der Waals surface area contributed by atoms with Gasteiger partial charge in [-0.25, -0.2) is 0 Å². The fourth-order valence-electron chi connectivity index (χ4n) is 1.52. The molecule has 2 nitrogen and oxygen atoms in total. The van der Waals surface area contributed by atoms with E-state index in [1.54, 1.807) is 6.92 Å². The van der Waals surface area contributed by atoms with Crippen LogP contribution in [-0.4, -0.2) is 5.78 Å². The van der Waals surface area contributed by atoms with Crippen molar-refractivity contribution in [3.63, 3.8) is 0 Å². The Morgan fingerprint density at radius 1 is 1.21 bits per heavy atom. The van der Waals surface area contributed by atoms with Gasteiger partial charge in [0, 0.05) is 16.6 Å². The molecule has 14 heavy (non-hydrogen) atoms. The molecule has 0 saturated carbocycles. The maximum Gasteiger partial charge on any atom is 0.159 e.